The van der Waals surface area contributed by atoms with E-state index in [2.05, 4.69) is 10.1 Å². The molecule has 0 fully saturated rings. The van der Waals surface area contributed by atoms with Crippen LogP contribution in [0.2, 0.25) is 0 Å². The number of benzene rings is 1. The van der Waals surface area contributed by atoms with E-state index >= 15 is 0 Å². The summed E-state index contributed by atoms with van der Waals surface area (Å²) in [6, 6.07) is 3.36. The first-order valence-electron chi connectivity index (χ1n) is 5.47. The predicted octanol–water partition coefficient (Wildman–Crippen LogP) is 1.25. The quantitative estimate of drug-likeness (QED) is 0.871. The molecule has 0 aliphatic heterocycles. The van der Waals surface area contributed by atoms with Gasteiger partial charge in [0.05, 0.1) is 21.3 Å². The van der Waals surface area contributed by atoms with Crippen LogP contribution in [0, 0.1) is 0 Å². The van der Waals surface area contributed by atoms with E-state index in [0.717, 1.165) is 0 Å². The number of aliphatic hydroxyl groups excluding tert-OH is 1. The standard InChI is InChI=1S/C12H14N2O5/c1-16-7-4-8(17-2)11(9(5-7)18-3)12-13-10(6-15)14-19-12/h4-5,15H,6H2,1-3H3. The van der Waals surface area contributed by atoms with Crippen LogP contribution in [0.25, 0.3) is 11.5 Å². The molecule has 1 heterocycles. The van der Waals surface area contributed by atoms with Gasteiger partial charge in [0.1, 0.15) is 29.4 Å². The number of aliphatic hydroxyl groups is 1. The summed E-state index contributed by atoms with van der Waals surface area (Å²) in [5, 5.41) is 12.6. The van der Waals surface area contributed by atoms with Gasteiger partial charge in [-0.3, -0.25) is 0 Å². The van der Waals surface area contributed by atoms with Gasteiger partial charge in [-0.05, 0) is 0 Å². The molecule has 102 valence electrons. The normalized spacial score (nSPS) is 10.3. The van der Waals surface area contributed by atoms with Gasteiger partial charge in [-0.25, -0.2) is 0 Å². The lowest BCUT2D eigenvalue weighted by Crippen LogP contribution is -1.95. The highest BCUT2D eigenvalue weighted by molar-refractivity contribution is 5.72. The number of aromatic nitrogens is 2. The number of nitrogens with zero attached hydrogens (tertiary/aromatic N) is 2. The Morgan fingerprint density at radius 1 is 1.11 bits per heavy atom. The van der Waals surface area contributed by atoms with Gasteiger partial charge in [-0.1, -0.05) is 5.16 Å². The maximum atomic E-state index is 8.97. The van der Waals surface area contributed by atoms with Crippen LogP contribution in [0.1, 0.15) is 5.82 Å². The number of ether oxygens (including phenoxy) is 3. The number of methoxy groups -OCH3 is 3. The van der Waals surface area contributed by atoms with E-state index in [1.807, 2.05) is 0 Å². The summed E-state index contributed by atoms with van der Waals surface area (Å²) in [4.78, 5) is 4.04. The summed E-state index contributed by atoms with van der Waals surface area (Å²) in [7, 11) is 4.58. The molecule has 0 saturated heterocycles. The Morgan fingerprint density at radius 3 is 2.16 bits per heavy atom. The van der Waals surface area contributed by atoms with Crippen molar-refractivity contribution in [2.45, 2.75) is 6.61 Å². The molecule has 0 unspecified atom stereocenters. The first-order valence-corrected chi connectivity index (χ1v) is 5.47. The van der Waals surface area contributed by atoms with Gasteiger partial charge >= 0.3 is 0 Å². The molecule has 0 atom stereocenters. The summed E-state index contributed by atoms with van der Waals surface area (Å²) < 4.78 is 20.8. The molecule has 0 bridgehead atoms. The van der Waals surface area contributed by atoms with Crippen molar-refractivity contribution in [2.24, 2.45) is 0 Å². The Morgan fingerprint density at radius 2 is 1.74 bits per heavy atom. The largest absolute Gasteiger partial charge is 0.496 e. The SMILES string of the molecule is COc1cc(OC)c(-c2nc(CO)no2)c(OC)c1. The summed E-state index contributed by atoms with van der Waals surface area (Å²) in [5.74, 6) is 1.93. The molecule has 0 amide bonds. The third kappa shape index (κ3) is 2.45. The molecule has 2 rings (SSSR count). The molecule has 1 aromatic carbocycles. The van der Waals surface area contributed by atoms with Crippen LogP contribution in [0.5, 0.6) is 17.2 Å². The minimum Gasteiger partial charge on any atom is -0.496 e. The summed E-state index contributed by atoms with van der Waals surface area (Å²) >= 11 is 0. The van der Waals surface area contributed by atoms with Gasteiger partial charge in [0.15, 0.2) is 5.82 Å². The van der Waals surface area contributed by atoms with Crippen molar-refractivity contribution in [1.82, 2.24) is 10.1 Å². The highest BCUT2D eigenvalue weighted by atomic mass is 16.5. The van der Waals surface area contributed by atoms with Crippen LogP contribution in [0.3, 0.4) is 0 Å². The fourth-order valence-corrected chi connectivity index (χ4v) is 1.64. The Balaban J connectivity index is 2.59. The van der Waals surface area contributed by atoms with Crippen LogP contribution in [0.15, 0.2) is 16.7 Å². The maximum Gasteiger partial charge on any atom is 0.265 e. The second kappa shape index (κ2) is 5.57. The fourth-order valence-electron chi connectivity index (χ4n) is 1.64. The molecule has 0 spiro atoms. The second-order valence-corrected chi connectivity index (χ2v) is 3.58. The van der Waals surface area contributed by atoms with Crippen LogP contribution >= 0.6 is 0 Å². The van der Waals surface area contributed by atoms with E-state index in [9.17, 15) is 0 Å². The molecular weight excluding hydrogens is 252 g/mol. The van der Waals surface area contributed by atoms with Gasteiger partial charge in [0, 0.05) is 12.1 Å². The van der Waals surface area contributed by atoms with Crippen molar-refractivity contribution >= 4 is 0 Å². The van der Waals surface area contributed by atoms with Crippen molar-refractivity contribution in [3.63, 3.8) is 0 Å². The lowest BCUT2D eigenvalue weighted by atomic mass is 10.1. The van der Waals surface area contributed by atoms with Gasteiger partial charge in [0.25, 0.3) is 5.89 Å². The molecular formula is C12H14N2O5. The van der Waals surface area contributed by atoms with Crippen LogP contribution in [-0.4, -0.2) is 36.6 Å². The minimum atomic E-state index is -0.301. The van der Waals surface area contributed by atoms with Gasteiger partial charge in [-0.15, -0.1) is 0 Å². The number of hydrogen-bond donors (Lipinski definition) is 1. The smallest absolute Gasteiger partial charge is 0.265 e. The zero-order valence-corrected chi connectivity index (χ0v) is 10.8. The Bertz CT molecular complexity index is 542. The van der Waals surface area contributed by atoms with E-state index in [1.165, 1.54) is 14.2 Å². The number of rotatable bonds is 5. The molecule has 0 radical (unpaired) electrons. The Hall–Kier alpha value is -2.28. The second-order valence-electron chi connectivity index (χ2n) is 3.58. The molecule has 2 aromatic rings. The molecule has 0 aliphatic carbocycles. The molecule has 7 nitrogen and oxygen atoms in total. The van der Waals surface area contributed by atoms with Crippen molar-refractivity contribution in [3.05, 3.63) is 18.0 Å². The topological polar surface area (TPSA) is 86.8 Å². The predicted molar refractivity (Wildman–Crippen MR) is 65.3 cm³/mol. The van der Waals surface area contributed by atoms with Gasteiger partial charge < -0.3 is 23.8 Å². The van der Waals surface area contributed by atoms with Crippen molar-refractivity contribution in [1.29, 1.82) is 0 Å². The van der Waals surface area contributed by atoms with E-state index < -0.39 is 0 Å². The van der Waals surface area contributed by atoms with E-state index in [1.54, 1.807) is 19.2 Å². The van der Waals surface area contributed by atoms with Crippen molar-refractivity contribution in [3.8, 4) is 28.7 Å². The minimum absolute atomic E-state index is 0.190. The third-order valence-corrected chi connectivity index (χ3v) is 2.54. The summed E-state index contributed by atoms with van der Waals surface area (Å²) in [5.41, 5.74) is 0.512. The summed E-state index contributed by atoms with van der Waals surface area (Å²) in [6.45, 7) is -0.301. The molecule has 0 aliphatic rings. The van der Waals surface area contributed by atoms with E-state index in [-0.39, 0.29) is 18.3 Å². The summed E-state index contributed by atoms with van der Waals surface area (Å²) in [6.07, 6.45) is 0. The van der Waals surface area contributed by atoms with Gasteiger partial charge in [0.2, 0.25) is 0 Å². The van der Waals surface area contributed by atoms with Crippen molar-refractivity contribution in [2.75, 3.05) is 21.3 Å². The number of hydrogen-bond acceptors (Lipinski definition) is 7. The Kier molecular flexibility index (Phi) is 3.86. The van der Waals surface area contributed by atoms with Gasteiger partial charge in [-0.2, -0.15) is 4.98 Å². The van der Waals surface area contributed by atoms with E-state index in [4.69, 9.17) is 23.8 Å². The maximum absolute atomic E-state index is 8.97. The fraction of sp³-hybridized carbons (Fsp3) is 0.333. The van der Waals surface area contributed by atoms with Crippen LogP contribution < -0.4 is 14.2 Å². The first kappa shape index (κ1) is 13.2. The van der Waals surface area contributed by atoms with Crippen LogP contribution in [-0.2, 0) is 6.61 Å². The monoisotopic (exact) mass is 266 g/mol. The first-order chi connectivity index (χ1) is 9.23. The molecule has 1 N–H and O–H groups in total. The zero-order chi connectivity index (χ0) is 13.8. The molecule has 1 aromatic heterocycles. The van der Waals surface area contributed by atoms with Crippen LogP contribution in [0.4, 0.5) is 0 Å². The highest BCUT2D eigenvalue weighted by Gasteiger charge is 2.20. The average Bonchev–Trinajstić information content (AvgIpc) is 2.94. The van der Waals surface area contributed by atoms with Crippen molar-refractivity contribution < 1.29 is 23.8 Å². The molecule has 0 saturated carbocycles. The molecule has 7 heteroatoms. The zero-order valence-electron chi connectivity index (χ0n) is 10.8. The Labute approximate surface area is 109 Å². The van der Waals surface area contributed by atoms with E-state index in [0.29, 0.717) is 22.8 Å². The highest BCUT2D eigenvalue weighted by Crippen LogP contribution is 2.40. The molecule has 19 heavy (non-hydrogen) atoms. The average molecular weight is 266 g/mol. The lowest BCUT2D eigenvalue weighted by molar-refractivity contribution is 0.264. The third-order valence-electron chi connectivity index (χ3n) is 2.54. The lowest BCUT2D eigenvalue weighted by Gasteiger charge is -2.12.